The molecule has 0 aromatic heterocycles. The maximum Gasteiger partial charge on any atom is 0.220 e. The molecule has 7 heteroatoms. The first kappa shape index (κ1) is 18.7. The molecule has 1 aliphatic carbocycles. The largest absolute Gasteiger partial charge is 0.494 e. The van der Waals surface area contributed by atoms with Crippen LogP contribution < -0.4 is 14.8 Å². The van der Waals surface area contributed by atoms with Crippen molar-refractivity contribution in [1.29, 1.82) is 0 Å². The molecule has 2 rings (SSSR count). The smallest absolute Gasteiger partial charge is 0.220 e. The third-order valence-electron chi connectivity index (χ3n) is 3.95. The van der Waals surface area contributed by atoms with E-state index in [4.69, 9.17) is 4.74 Å². The van der Waals surface area contributed by atoms with Crippen molar-refractivity contribution >= 4 is 15.9 Å². The second-order valence-corrected chi connectivity index (χ2v) is 7.91. The minimum Gasteiger partial charge on any atom is -0.494 e. The molecule has 1 aliphatic rings. The Morgan fingerprint density at radius 2 is 1.88 bits per heavy atom. The van der Waals surface area contributed by atoms with Crippen LogP contribution in [0.3, 0.4) is 0 Å². The monoisotopic (exact) mass is 354 g/mol. The Morgan fingerprint density at radius 3 is 2.58 bits per heavy atom. The molecule has 2 N–H and O–H groups in total. The molecule has 1 amide bonds. The fraction of sp³-hybridized carbons (Fsp3) is 0.588. The van der Waals surface area contributed by atoms with Crippen LogP contribution in [-0.4, -0.2) is 39.3 Å². The first-order chi connectivity index (χ1) is 11.6. The van der Waals surface area contributed by atoms with Gasteiger partial charge in [0.1, 0.15) is 5.75 Å². The van der Waals surface area contributed by atoms with Crippen molar-refractivity contribution in [3.8, 4) is 5.75 Å². The first-order valence-electron chi connectivity index (χ1n) is 8.50. The molecule has 0 heterocycles. The number of rotatable bonds is 10. The van der Waals surface area contributed by atoms with Gasteiger partial charge in [-0.1, -0.05) is 31.0 Å². The summed E-state index contributed by atoms with van der Waals surface area (Å²) in [6, 6.07) is 9.49. The van der Waals surface area contributed by atoms with Gasteiger partial charge in [0.05, 0.1) is 12.4 Å². The summed E-state index contributed by atoms with van der Waals surface area (Å²) in [5.41, 5.74) is 0. The minimum atomic E-state index is -3.31. The lowest BCUT2D eigenvalue weighted by atomic mass is 10.3. The second kappa shape index (κ2) is 9.64. The zero-order valence-corrected chi connectivity index (χ0v) is 14.7. The average Bonchev–Trinajstić information content (AvgIpc) is 3.04. The lowest BCUT2D eigenvalue weighted by molar-refractivity contribution is -0.121. The van der Waals surface area contributed by atoms with Gasteiger partial charge in [0.15, 0.2) is 0 Å². The van der Waals surface area contributed by atoms with Crippen molar-refractivity contribution in [2.45, 2.75) is 44.6 Å². The Morgan fingerprint density at radius 1 is 1.17 bits per heavy atom. The lowest BCUT2D eigenvalue weighted by Crippen LogP contribution is -2.38. The summed E-state index contributed by atoms with van der Waals surface area (Å²) in [6.45, 7) is 0.597. The van der Waals surface area contributed by atoms with Crippen LogP contribution >= 0.6 is 0 Å². The molecule has 1 aromatic carbocycles. The summed E-state index contributed by atoms with van der Waals surface area (Å²) in [7, 11) is -3.31. The number of nitrogens with one attached hydrogen (secondary N) is 2. The lowest BCUT2D eigenvalue weighted by Gasteiger charge is -2.12. The van der Waals surface area contributed by atoms with Crippen LogP contribution in [-0.2, 0) is 14.8 Å². The molecule has 0 saturated heterocycles. The normalized spacial score (nSPS) is 15.3. The Bertz CT molecular complexity index is 598. The summed E-state index contributed by atoms with van der Waals surface area (Å²) in [4.78, 5) is 11.7. The van der Waals surface area contributed by atoms with Gasteiger partial charge >= 0.3 is 0 Å². The third kappa shape index (κ3) is 7.31. The molecule has 0 unspecified atom stereocenters. The molecule has 1 aromatic rings. The van der Waals surface area contributed by atoms with Crippen LogP contribution in [0.2, 0.25) is 0 Å². The van der Waals surface area contributed by atoms with Gasteiger partial charge in [0.2, 0.25) is 15.9 Å². The Hall–Kier alpha value is -1.60. The summed E-state index contributed by atoms with van der Waals surface area (Å²) in [5.74, 6) is 0.556. The number of hydrogen-bond donors (Lipinski definition) is 2. The molecule has 1 fully saturated rings. The van der Waals surface area contributed by atoms with Gasteiger partial charge in [-0.05, 0) is 31.4 Å². The number of para-hydroxylation sites is 1. The van der Waals surface area contributed by atoms with Gasteiger partial charge in [-0.2, -0.15) is 0 Å². The summed E-state index contributed by atoms with van der Waals surface area (Å²) < 4.78 is 32.0. The van der Waals surface area contributed by atoms with Crippen LogP contribution in [0.25, 0.3) is 0 Å². The van der Waals surface area contributed by atoms with Crippen LogP contribution in [0.4, 0.5) is 0 Å². The third-order valence-corrected chi connectivity index (χ3v) is 5.39. The maximum absolute atomic E-state index is 11.9. The van der Waals surface area contributed by atoms with E-state index in [1.54, 1.807) is 0 Å². The second-order valence-electron chi connectivity index (χ2n) is 6.03. The van der Waals surface area contributed by atoms with Gasteiger partial charge in [-0.25, -0.2) is 13.1 Å². The van der Waals surface area contributed by atoms with Crippen molar-refractivity contribution in [3.63, 3.8) is 0 Å². The number of amides is 1. The highest BCUT2D eigenvalue weighted by molar-refractivity contribution is 7.89. The van der Waals surface area contributed by atoms with Gasteiger partial charge in [0.25, 0.3) is 0 Å². The molecule has 0 bridgehead atoms. The number of hydrogen-bond acceptors (Lipinski definition) is 4. The van der Waals surface area contributed by atoms with Crippen molar-refractivity contribution in [3.05, 3.63) is 30.3 Å². The topological polar surface area (TPSA) is 84.5 Å². The Labute approximate surface area is 144 Å². The molecule has 1 saturated carbocycles. The fourth-order valence-corrected chi connectivity index (χ4v) is 3.94. The van der Waals surface area contributed by atoms with Crippen LogP contribution in [0, 0.1) is 0 Å². The predicted molar refractivity (Wildman–Crippen MR) is 93.4 cm³/mol. The van der Waals surface area contributed by atoms with Crippen LogP contribution in [0.15, 0.2) is 30.3 Å². The number of carbonyl (C=O) groups is 1. The Balaban J connectivity index is 1.54. The summed E-state index contributed by atoms with van der Waals surface area (Å²) in [6.07, 6.45) is 4.89. The van der Waals surface area contributed by atoms with E-state index in [0.717, 1.165) is 31.4 Å². The number of ether oxygens (including phenoxy) is 1. The van der Waals surface area contributed by atoms with Crippen molar-refractivity contribution < 1.29 is 17.9 Å². The van der Waals surface area contributed by atoms with E-state index in [2.05, 4.69) is 10.0 Å². The maximum atomic E-state index is 11.9. The zero-order chi connectivity index (χ0) is 17.3. The first-order valence-corrected chi connectivity index (χ1v) is 10.1. The highest BCUT2D eigenvalue weighted by Gasteiger charge is 2.21. The van der Waals surface area contributed by atoms with Gasteiger partial charge in [-0.3, -0.25) is 4.79 Å². The van der Waals surface area contributed by atoms with E-state index in [9.17, 15) is 13.2 Å². The molecule has 134 valence electrons. The molecular weight excluding hydrogens is 328 g/mol. The van der Waals surface area contributed by atoms with Crippen molar-refractivity contribution in [2.75, 3.05) is 18.9 Å². The van der Waals surface area contributed by atoms with Gasteiger partial charge < -0.3 is 10.1 Å². The van der Waals surface area contributed by atoms with E-state index in [0.29, 0.717) is 19.4 Å². The quantitative estimate of drug-likeness (QED) is 0.628. The van der Waals surface area contributed by atoms with E-state index in [1.165, 1.54) is 0 Å². The molecule has 0 spiro atoms. The fourth-order valence-electron chi connectivity index (χ4n) is 2.71. The number of benzene rings is 1. The van der Waals surface area contributed by atoms with Crippen molar-refractivity contribution in [2.24, 2.45) is 0 Å². The molecule has 24 heavy (non-hydrogen) atoms. The molecule has 0 radical (unpaired) electrons. The zero-order valence-electron chi connectivity index (χ0n) is 13.9. The summed E-state index contributed by atoms with van der Waals surface area (Å²) in [5, 5.41) is 2.65. The van der Waals surface area contributed by atoms with Crippen LogP contribution in [0.1, 0.15) is 38.5 Å². The molecule has 0 atom stereocenters. The van der Waals surface area contributed by atoms with E-state index >= 15 is 0 Å². The standard InChI is InChI=1S/C17H26N2O4S/c20-17(11-6-13-23-16-9-2-1-3-10-16)18-12-14-24(21,22)19-15-7-4-5-8-15/h1-3,9-10,15,19H,4-8,11-14H2,(H,18,20). The Kier molecular flexibility index (Phi) is 7.52. The highest BCUT2D eigenvalue weighted by atomic mass is 32.2. The molecular formula is C17H26N2O4S. The molecule has 6 nitrogen and oxygen atoms in total. The van der Waals surface area contributed by atoms with E-state index in [1.807, 2.05) is 30.3 Å². The van der Waals surface area contributed by atoms with E-state index in [-0.39, 0.29) is 24.2 Å². The van der Waals surface area contributed by atoms with Crippen molar-refractivity contribution in [1.82, 2.24) is 10.0 Å². The number of sulfonamides is 1. The number of carbonyl (C=O) groups excluding carboxylic acids is 1. The minimum absolute atomic E-state index is 0.0702. The average molecular weight is 354 g/mol. The summed E-state index contributed by atoms with van der Waals surface area (Å²) >= 11 is 0. The van der Waals surface area contributed by atoms with Gasteiger partial charge in [0, 0.05) is 19.0 Å². The SMILES string of the molecule is O=C(CCCOc1ccccc1)NCCS(=O)(=O)NC1CCCC1. The predicted octanol–water partition coefficient (Wildman–Crippen LogP) is 1.82. The highest BCUT2D eigenvalue weighted by Crippen LogP contribution is 2.18. The molecule has 0 aliphatic heterocycles. The van der Waals surface area contributed by atoms with E-state index < -0.39 is 10.0 Å². The van der Waals surface area contributed by atoms with Gasteiger partial charge in [-0.15, -0.1) is 0 Å². The van der Waals surface area contributed by atoms with Crippen LogP contribution in [0.5, 0.6) is 5.75 Å².